The van der Waals surface area contributed by atoms with Gasteiger partial charge < -0.3 is 10.2 Å². The molecule has 3 rings (SSSR count). The SMILES string of the molecule is O=C(CNC1(c2ccc(F)cc2)NC=CS1)N1CCCCC1. The zero-order valence-corrected chi connectivity index (χ0v) is 13.2. The number of halogens is 1. The summed E-state index contributed by atoms with van der Waals surface area (Å²) in [5.74, 6) is -0.144. The Morgan fingerprint density at radius 3 is 2.64 bits per heavy atom. The summed E-state index contributed by atoms with van der Waals surface area (Å²) in [5, 5.41) is 8.48. The maximum absolute atomic E-state index is 13.1. The molecule has 22 heavy (non-hydrogen) atoms. The quantitative estimate of drug-likeness (QED) is 0.893. The van der Waals surface area contributed by atoms with Crippen molar-refractivity contribution in [3.8, 4) is 0 Å². The molecule has 0 saturated carbocycles. The number of hydrogen-bond donors (Lipinski definition) is 2. The van der Waals surface area contributed by atoms with E-state index in [4.69, 9.17) is 0 Å². The molecule has 2 N–H and O–H groups in total. The molecule has 2 aliphatic heterocycles. The van der Waals surface area contributed by atoms with Crippen molar-refractivity contribution in [3.05, 3.63) is 47.3 Å². The van der Waals surface area contributed by atoms with Crippen LogP contribution in [0.3, 0.4) is 0 Å². The van der Waals surface area contributed by atoms with Crippen molar-refractivity contribution in [2.24, 2.45) is 0 Å². The highest BCUT2D eigenvalue weighted by Crippen LogP contribution is 2.35. The first kappa shape index (κ1) is 15.4. The fourth-order valence-corrected chi connectivity index (χ4v) is 3.71. The average Bonchev–Trinajstić information content (AvgIpc) is 3.04. The van der Waals surface area contributed by atoms with Gasteiger partial charge in [0.15, 0.2) is 4.99 Å². The minimum atomic E-state index is -0.598. The van der Waals surface area contributed by atoms with E-state index in [-0.39, 0.29) is 18.3 Å². The molecular weight excluding hydrogens is 301 g/mol. The Hall–Kier alpha value is -1.53. The van der Waals surface area contributed by atoms with Crippen molar-refractivity contribution in [3.63, 3.8) is 0 Å². The van der Waals surface area contributed by atoms with Gasteiger partial charge in [-0.25, -0.2) is 4.39 Å². The summed E-state index contributed by atoms with van der Waals surface area (Å²) in [7, 11) is 0. The third-order valence-corrected chi connectivity index (χ3v) is 5.17. The van der Waals surface area contributed by atoms with Gasteiger partial charge in [0.05, 0.1) is 6.54 Å². The van der Waals surface area contributed by atoms with Crippen LogP contribution in [0.5, 0.6) is 0 Å². The lowest BCUT2D eigenvalue weighted by Crippen LogP contribution is -2.51. The summed E-state index contributed by atoms with van der Waals surface area (Å²) in [5.41, 5.74) is 0.898. The molecule has 1 aromatic rings. The predicted molar refractivity (Wildman–Crippen MR) is 86.4 cm³/mol. The van der Waals surface area contributed by atoms with Crippen LogP contribution >= 0.6 is 11.8 Å². The van der Waals surface area contributed by atoms with E-state index < -0.39 is 4.99 Å². The molecule has 1 saturated heterocycles. The smallest absolute Gasteiger partial charge is 0.236 e. The lowest BCUT2D eigenvalue weighted by atomic mass is 10.1. The fourth-order valence-electron chi connectivity index (χ4n) is 2.81. The van der Waals surface area contributed by atoms with Gasteiger partial charge in [-0.05, 0) is 36.8 Å². The van der Waals surface area contributed by atoms with Gasteiger partial charge in [0.1, 0.15) is 5.82 Å². The lowest BCUT2D eigenvalue weighted by molar-refractivity contribution is -0.131. The Balaban J connectivity index is 1.66. The third kappa shape index (κ3) is 3.28. The molecule has 0 aromatic heterocycles. The first-order valence-electron chi connectivity index (χ1n) is 7.59. The number of nitrogens with zero attached hydrogens (tertiary/aromatic N) is 1. The first-order chi connectivity index (χ1) is 10.7. The van der Waals surface area contributed by atoms with Gasteiger partial charge in [-0.15, -0.1) is 0 Å². The van der Waals surface area contributed by atoms with Gasteiger partial charge in [0.25, 0.3) is 0 Å². The normalized spacial score (nSPS) is 24.3. The van der Waals surface area contributed by atoms with Crippen molar-refractivity contribution in [1.82, 2.24) is 15.5 Å². The number of benzene rings is 1. The highest BCUT2D eigenvalue weighted by atomic mass is 32.2. The highest BCUT2D eigenvalue weighted by Gasteiger charge is 2.34. The van der Waals surface area contributed by atoms with Crippen LogP contribution in [0, 0.1) is 5.82 Å². The van der Waals surface area contributed by atoms with Crippen molar-refractivity contribution in [2.75, 3.05) is 19.6 Å². The molecule has 1 aromatic carbocycles. The number of amides is 1. The zero-order valence-electron chi connectivity index (χ0n) is 12.3. The topological polar surface area (TPSA) is 44.4 Å². The molecule has 0 aliphatic carbocycles. The average molecular weight is 321 g/mol. The zero-order chi connectivity index (χ0) is 15.4. The van der Waals surface area contributed by atoms with Crippen molar-refractivity contribution >= 4 is 17.7 Å². The molecule has 2 heterocycles. The molecule has 118 valence electrons. The number of hydrogen-bond acceptors (Lipinski definition) is 4. The van der Waals surface area contributed by atoms with Gasteiger partial charge in [0, 0.05) is 24.9 Å². The summed E-state index contributed by atoms with van der Waals surface area (Å²) in [6, 6.07) is 6.35. The fraction of sp³-hybridized carbons (Fsp3) is 0.438. The van der Waals surface area contributed by atoms with E-state index in [9.17, 15) is 9.18 Å². The number of piperidine rings is 1. The van der Waals surface area contributed by atoms with Crippen LogP contribution in [0.1, 0.15) is 24.8 Å². The molecule has 1 amide bonds. The Morgan fingerprint density at radius 1 is 1.27 bits per heavy atom. The molecule has 0 radical (unpaired) electrons. The molecule has 0 bridgehead atoms. The van der Waals surface area contributed by atoms with Crippen LogP contribution in [-0.2, 0) is 9.79 Å². The summed E-state index contributed by atoms with van der Waals surface area (Å²) < 4.78 is 13.1. The van der Waals surface area contributed by atoms with Crippen molar-refractivity contribution in [2.45, 2.75) is 24.3 Å². The van der Waals surface area contributed by atoms with E-state index in [1.807, 2.05) is 16.5 Å². The predicted octanol–water partition coefficient (Wildman–Crippen LogP) is 2.35. The number of carbonyl (C=O) groups is 1. The van der Waals surface area contributed by atoms with E-state index in [2.05, 4.69) is 10.6 Å². The number of rotatable bonds is 4. The van der Waals surface area contributed by atoms with Crippen LogP contribution < -0.4 is 10.6 Å². The van der Waals surface area contributed by atoms with Crippen LogP contribution in [-0.4, -0.2) is 30.4 Å². The number of carbonyl (C=O) groups excluding carboxylic acids is 1. The lowest BCUT2D eigenvalue weighted by Gasteiger charge is -2.33. The van der Waals surface area contributed by atoms with Gasteiger partial charge in [-0.2, -0.15) is 0 Å². The maximum Gasteiger partial charge on any atom is 0.236 e. The molecule has 1 fully saturated rings. The number of thioether (sulfide) groups is 1. The van der Waals surface area contributed by atoms with Crippen molar-refractivity contribution in [1.29, 1.82) is 0 Å². The molecule has 1 unspecified atom stereocenters. The van der Waals surface area contributed by atoms with E-state index in [0.29, 0.717) is 0 Å². The van der Waals surface area contributed by atoms with Crippen LogP contribution in [0.25, 0.3) is 0 Å². The Kier molecular flexibility index (Phi) is 4.69. The van der Waals surface area contributed by atoms with Crippen LogP contribution in [0.2, 0.25) is 0 Å². The van der Waals surface area contributed by atoms with Gasteiger partial charge >= 0.3 is 0 Å². The monoisotopic (exact) mass is 321 g/mol. The van der Waals surface area contributed by atoms with Gasteiger partial charge in [-0.1, -0.05) is 23.9 Å². The number of nitrogens with one attached hydrogen (secondary N) is 2. The Morgan fingerprint density at radius 2 is 2.00 bits per heavy atom. The second-order valence-electron chi connectivity index (χ2n) is 5.55. The first-order valence-corrected chi connectivity index (χ1v) is 8.47. The standard InChI is InChI=1S/C16H20FN3OS/c17-14-6-4-13(5-7-14)16(18-8-11-22-16)19-12-15(21)20-9-2-1-3-10-20/h4-8,11,18-19H,1-3,9-10,12H2. The summed E-state index contributed by atoms with van der Waals surface area (Å²) in [4.78, 5) is 13.6. The van der Waals surface area contributed by atoms with E-state index >= 15 is 0 Å². The summed E-state index contributed by atoms with van der Waals surface area (Å²) in [6.07, 6.45) is 5.22. The van der Waals surface area contributed by atoms with E-state index in [1.165, 1.54) is 18.6 Å². The summed E-state index contributed by atoms with van der Waals surface area (Å²) in [6.45, 7) is 1.96. The van der Waals surface area contributed by atoms with E-state index in [0.717, 1.165) is 31.5 Å². The summed E-state index contributed by atoms with van der Waals surface area (Å²) >= 11 is 1.54. The van der Waals surface area contributed by atoms with E-state index in [1.54, 1.807) is 23.9 Å². The molecular formula is C16H20FN3OS. The maximum atomic E-state index is 13.1. The molecule has 0 spiro atoms. The minimum absolute atomic E-state index is 0.121. The second-order valence-corrected chi connectivity index (χ2v) is 6.67. The molecule has 2 aliphatic rings. The molecule has 6 heteroatoms. The minimum Gasteiger partial charge on any atom is -0.360 e. The second kappa shape index (κ2) is 6.71. The van der Waals surface area contributed by atoms with Crippen LogP contribution in [0.15, 0.2) is 35.9 Å². The van der Waals surface area contributed by atoms with Crippen molar-refractivity contribution < 1.29 is 9.18 Å². The Labute approximate surface area is 134 Å². The largest absolute Gasteiger partial charge is 0.360 e. The van der Waals surface area contributed by atoms with Crippen LogP contribution in [0.4, 0.5) is 4.39 Å². The highest BCUT2D eigenvalue weighted by molar-refractivity contribution is 8.03. The Bertz CT molecular complexity index is 547. The molecule has 4 nitrogen and oxygen atoms in total. The number of likely N-dealkylation sites (tertiary alicyclic amines) is 1. The third-order valence-electron chi connectivity index (χ3n) is 4.05. The molecule has 1 atom stereocenters. The van der Waals surface area contributed by atoms with Gasteiger partial charge in [0.2, 0.25) is 5.91 Å². The van der Waals surface area contributed by atoms with Gasteiger partial charge in [-0.3, -0.25) is 10.1 Å².